The third-order valence-electron chi connectivity index (χ3n) is 1.38. The van der Waals surface area contributed by atoms with Crippen molar-refractivity contribution in [1.29, 1.82) is 0 Å². The quantitative estimate of drug-likeness (QED) is 0.495. The molecule has 0 spiro atoms. The molecule has 5 nitrogen and oxygen atoms in total. The fourth-order valence-electron chi connectivity index (χ4n) is 0.775. The second-order valence-electron chi connectivity index (χ2n) is 2.39. The Morgan fingerprint density at radius 1 is 1.46 bits per heavy atom. The van der Waals surface area contributed by atoms with Crippen LogP contribution in [-0.4, -0.2) is 35.5 Å². The molecule has 1 rings (SSSR count). The molecule has 1 heterocycles. The van der Waals surface area contributed by atoms with Crippen molar-refractivity contribution in [3.63, 3.8) is 0 Å². The molecule has 0 aliphatic rings. The number of aromatic nitrogens is 2. The first kappa shape index (κ1) is 9.76. The first-order valence-electron chi connectivity index (χ1n) is 3.90. The van der Waals surface area contributed by atoms with Gasteiger partial charge in [0.2, 0.25) is 0 Å². The van der Waals surface area contributed by atoms with Gasteiger partial charge >= 0.3 is 0 Å². The van der Waals surface area contributed by atoms with Gasteiger partial charge in [-0.25, -0.2) is 9.97 Å². The zero-order chi connectivity index (χ0) is 9.52. The minimum Gasteiger partial charge on any atom is -0.372 e. The fourth-order valence-corrected chi connectivity index (χ4v) is 0.775. The molecule has 13 heavy (non-hydrogen) atoms. The molecular formula is C8H11N3O2. The van der Waals surface area contributed by atoms with Crippen molar-refractivity contribution in [2.45, 2.75) is 0 Å². The highest BCUT2D eigenvalue weighted by Crippen LogP contribution is 1.95. The highest BCUT2D eigenvalue weighted by Gasteiger charge is 2.04. The van der Waals surface area contributed by atoms with E-state index in [4.69, 9.17) is 10.5 Å². The normalized spacial score (nSPS) is 9.92. The maximum absolute atomic E-state index is 11.3. The number of hydrogen-bond donors (Lipinski definition) is 1. The van der Waals surface area contributed by atoms with Crippen LogP contribution in [0.1, 0.15) is 10.4 Å². The number of nitrogens with zero attached hydrogens (tertiary/aromatic N) is 2. The standard InChI is InChI=1S/C8H11N3O2/c9-1-2-13-5-8(12)7-3-10-6-11-4-7/h3-4,6H,1-2,5,9H2. The van der Waals surface area contributed by atoms with E-state index in [1.54, 1.807) is 0 Å². The Morgan fingerprint density at radius 3 is 2.77 bits per heavy atom. The molecule has 1 aromatic heterocycles. The molecule has 0 radical (unpaired) electrons. The van der Waals surface area contributed by atoms with Crippen molar-refractivity contribution >= 4 is 5.78 Å². The van der Waals surface area contributed by atoms with E-state index in [2.05, 4.69) is 9.97 Å². The summed E-state index contributed by atoms with van der Waals surface area (Å²) in [4.78, 5) is 18.7. The Balaban J connectivity index is 2.40. The average molecular weight is 181 g/mol. The lowest BCUT2D eigenvalue weighted by atomic mass is 10.2. The van der Waals surface area contributed by atoms with Crippen LogP contribution in [0, 0.1) is 0 Å². The van der Waals surface area contributed by atoms with Crippen molar-refractivity contribution in [2.75, 3.05) is 19.8 Å². The number of rotatable bonds is 5. The molecule has 0 fully saturated rings. The largest absolute Gasteiger partial charge is 0.372 e. The molecule has 0 bridgehead atoms. The molecule has 1 aromatic rings. The summed E-state index contributed by atoms with van der Waals surface area (Å²) in [6.45, 7) is 0.836. The van der Waals surface area contributed by atoms with Crippen LogP contribution in [0.2, 0.25) is 0 Å². The van der Waals surface area contributed by atoms with Crippen molar-refractivity contribution in [1.82, 2.24) is 9.97 Å². The number of hydrogen-bond acceptors (Lipinski definition) is 5. The van der Waals surface area contributed by atoms with Gasteiger partial charge in [-0.15, -0.1) is 0 Å². The van der Waals surface area contributed by atoms with Crippen LogP contribution in [0.25, 0.3) is 0 Å². The van der Waals surface area contributed by atoms with Crippen LogP contribution < -0.4 is 5.73 Å². The second kappa shape index (κ2) is 5.34. The van der Waals surface area contributed by atoms with Gasteiger partial charge in [-0.2, -0.15) is 0 Å². The van der Waals surface area contributed by atoms with E-state index in [0.29, 0.717) is 18.7 Å². The number of carbonyl (C=O) groups is 1. The van der Waals surface area contributed by atoms with Crippen molar-refractivity contribution < 1.29 is 9.53 Å². The zero-order valence-corrected chi connectivity index (χ0v) is 7.14. The molecule has 0 unspecified atom stereocenters. The molecule has 0 amide bonds. The predicted octanol–water partition coefficient (Wildman–Crippen LogP) is -0.365. The minimum atomic E-state index is -0.131. The predicted molar refractivity (Wildman–Crippen MR) is 46.2 cm³/mol. The average Bonchev–Trinajstić information content (AvgIpc) is 2.19. The van der Waals surface area contributed by atoms with E-state index < -0.39 is 0 Å². The Bertz CT molecular complexity index is 263. The summed E-state index contributed by atoms with van der Waals surface area (Å²) in [6.07, 6.45) is 4.29. The van der Waals surface area contributed by atoms with Gasteiger partial charge in [-0.05, 0) is 0 Å². The molecule has 2 N–H and O–H groups in total. The van der Waals surface area contributed by atoms with Gasteiger partial charge in [-0.1, -0.05) is 0 Å². The molecule has 0 saturated heterocycles. The second-order valence-corrected chi connectivity index (χ2v) is 2.39. The van der Waals surface area contributed by atoms with E-state index in [1.807, 2.05) is 0 Å². The molecule has 70 valence electrons. The van der Waals surface area contributed by atoms with Gasteiger partial charge in [-0.3, -0.25) is 4.79 Å². The number of nitrogens with two attached hydrogens (primary N) is 1. The summed E-state index contributed by atoms with van der Waals surface area (Å²) in [5.74, 6) is -0.131. The molecule has 0 atom stereocenters. The summed E-state index contributed by atoms with van der Waals surface area (Å²) in [7, 11) is 0. The first-order chi connectivity index (χ1) is 6.34. The van der Waals surface area contributed by atoms with E-state index in [1.165, 1.54) is 18.7 Å². The van der Waals surface area contributed by atoms with Crippen LogP contribution in [-0.2, 0) is 4.74 Å². The van der Waals surface area contributed by atoms with Crippen LogP contribution in [0.5, 0.6) is 0 Å². The third kappa shape index (κ3) is 3.27. The monoisotopic (exact) mass is 181 g/mol. The number of ketones is 1. The van der Waals surface area contributed by atoms with Gasteiger partial charge in [0, 0.05) is 18.9 Å². The summed E-state index contributed by atoms with van der Waals surface area (Å²) in [5.41, 5.74) is 5.65. The zero-order valence-electron chi connectivity index (χ0n) is 7.14. The summed E-state index contributed by atoms with van der Waals surface area (Å²) in [5, 5.41) is 0. The molecule has 0 saturated carbocycles. The maximum atomic E-state index is 11.3. The SMILES string of the molecule is NCCOCC(=O)c1cncnc1. The third-order valence-corrected chi connectivity index (χ3v) is 1.38. The highest BCUT2D eigenvalue weighted by molar-refractivity contribution is 5.96. The van der Waals surface area contributed by atoms with Crippen LogP contribution >= 0.6 is 0 Å². The summed E-state index contributed by atoms with van der Waals surface area (Å²) in [6, 6.07) is 0. The van der Waals surface area contributed by atoms with Crippen LogP contribution in [0.15, 0.2) is 18.7 Å². The van der Waals surface area contributed by atoms with Gasteiger partial charge in [0.1, 0.15) is 12.9 Å². The Labute approximate surface area is 75.9 Å². The Morgan fingerprint density at radius 2 is 2.15 bits per heavy atom. The van der Waals surface area contributed by atoms with E-state index in [0.717, 1.165) is 0 Å². The van der Waals surface area contributed by atoms with Gasteiger partial charge in [0.25, 0.3) is 0 Å². The number of ether oxygens (including phenoxy) is 1. The lowest BCUT2D eigenvalue weighted by Gasteiger charge is -2.00. The smallest absolute Gasteiger partial charge is 0.191 e. The van der Waals surface area contributed by atoms with E-state index in [9.17, 15) is 4.79 Å². The molecule has 0 aromatic carbocycles. The topological polar surface area (TPSA) is 78.1 Å². The molecule has 5 heteroatoms. The van der Waals surface area contributed by atoms with Crippen molar-refractivity contribution in [3.05, 3.63) is 24.3 Å². The molecule has 0 aliphatic heterocycles. The maximum Gasteiger partial charge on any atom is 0.191 e. The molecular weight excluding hydrogens is 170 g/mol. The fraction of sp³-hybridized carbons (Fsp3) is 0.375. The number of carbonyl (C=O) groups excluding carboxylic acids is 1. The summed E-state index contributed by atoms with van der Waals surface area (Å²) < 4.78 is 4.97. The van der Waals surface area contributed by atoms with Crippen molar-refractivity contribution in [3.8, 4) is 0 Å². The van der Waals surface area contributed by atoms with Crippen LogP contribution in [0.4, 0.5) is 0 Å². The number of Topliss-reactive ketones (excluding diaryl/α,β-unsaturated/α-hetero) is 1. The Kier molecular flexibility index (Phi) is 4.01. The first-order valence-corrected chi connectivity index (χ1v) is 3.90. The van der Waals surface area contributed by atoms with Gasteiger partial charge in [0.15, 0.2) is 5.78 Å². The van der Waals surface area contributed by atoms with Crippen molar-refractivity contribution in [2.24, 2.45) is 5.73 Å². The minimum absolute atomic E-state index is 0.0323. The van der Waals surface area contributed by atoms with Crippen LogP contribution in [0.3, 0.4) is 0 Å². The van der Waals surface area contributed by atoms with E-state index >= 15 is 0 Å². The van der Waals surface area contributed by atoms with Gasteiger partial charge in [0.05, 0.1) is 12.2 Å². The van der Waals surface area contributed by atoms with E-state index in [-0.39, 0.29) is 12.4 Å². The Hall–Kier alpha value is -1.33. The van der Waals surface area contributed by atoms with Gasteiger partial charge < -0.3 is 10.5 Å². The lowest BCUT2D eigenvalue weighted by Crippen LogP contribution is -2.14. The molecule has 0 aliphatic carbocycles. The lowest BCUT2D eigenvalue weighted by molar-refractivity contribution is 0.0773. The highest BCUT2D eigenvalue weighted by atomic mass is 16.5. The summed E-state index contributed by atoms with van der Waals surface area (Å²) >= 11 is 0.